The summed E-state index contributed by atoms with van der Waals surface area (Å²) < 4.78 is 30.8. The first kappa shape index (κ1) is 21.6. The van der Waals surface area contributed by atoms with Gasteiger partial charge in [0.1, 0.15) is 17.3 Å². The molecular weight excluding hydrogens is 435 g/mol. The number of esters is 1. The summed E-state index contributed by atoms with van der Waals surface area (Å²) in [7, 11) is 0. The number of benzene rings is 3. The summed E-state index contributed by atoms with van der Waals surface area (Å²) in [5, 5.41) is 0.161. The molecule has 0 aliphatic carbocycles. The fraction of sp³-hybridized carbons (Fsp3) is 0.120. The van der Waals surface area contributed by atoms with E-state index in [4.69, 9.17) is 25.8 Å². The normalized spacial score (nSPS) is 14.6. The second-order valence-corrected chi connectivity index (χ2v) is 7.30. The highest BCUT2D eigenvalue weighted by molar-refractivity contribution is 6.32. The lowest BCUT2D eigenvalue weighted by molar-refractivity contribution is -0.151. The van der Waals surface area contributed by atoms with Gasteiger partial charge in [-0.15, -0.1) is 0 Å². The predicted octanol–water partition coefficient (Wildman–Crippen LogP) is 5.78. The Kier molecular flexibility index (Phi) is 6.23. The average Bonchev–Trinajstić information content (AvgIpc) is 3.10. The number of halogens is 2. The van der Waals surface area contributed by atoms with E-state index in [-0.39, 0.29) is 28.7 Å². The summed E-state index contributed by atoms with van der Waals surface area (Å²) in [6.45, 7) is 1.92. The van der Waals surface area contributed by atoms with Crippen molar-refractivity contribution < 1.29 is 28.2 Å². The Morgan fingerprint density at radius 3 is 2.62 bits per heavy atom. The molecule has 1 aliphatic rings. The monoisotopic (exact) mass is 452 g/mol. The van der Waals surface area contributed by atoms with Gasteiger partial charge in [0, 0.05) is 17.2 Å². The molecule has 5 nitrogen and oxygen atoms in total. The molecule has 1 aliphatic heterocycles. The molecule has 4 rings (SSSR count). The number of rotatable bonds is 6. The second-order valence-electron chi connectivity index (χ2n) is 6.89. The molecule has 0 bridgehead atoms. The number of carbonyl (C=O) groups is 2. The number of hydrogen-bond acceptors (Lipinski definition) is 5. The van der Waals surface area contributed by atoms with Crippen LogP contribution in [-0.4, -0.2) is 18.4 Å². The lowest BCUT2D eigenvalue weighted by atomic mass is 10.1. The Morgan fingerprint density at radius 1 is 1.12 bits per heavy atom. The maximum Gasteiger partial charge on any atom is 0.352 e. The first-order valence-electron chi connectivity index (χ1n) is 9.88. The van der Waals surface area contributed by atoms with Crippen LogP contribution in [0, 0.1) is 5.82 Å². The van der Waals surface area contributed by atoms with Crippen molar-refractivity contribution in [1.82, 2.24) is 0 Å². The molecule has 7 heteroatoms. The third-order valence-corrected chi connectivity index (χ3v) is 5.10. The van der Waals surface area contributed by atoms with E-state index in [0.29, 0.717) is 16.9 Å². The van der Waals surface area contributed by atoms with E-state index in [9.17, 15) is 14.0 Å². The van der Waals surface area contributed by atoms with Crippen molar-refractivity contribution in [2.45, 2.75) is 13.0 Å². The zero-order valence-corrected chi connectivity index (χ0v) is 17.8. The number of ketones is 1. The maximum atomic E-state index is 14.1. The SMILES string of the molecule is CCOC(=O)C(Oc1ccc2c(c1)OC(=Cc1c(F)cccc1Cl)C2=O)c1ccccc1. The molecule has 1 heterocycles. The zero-order chi connectivity index (χ0) is 22.7. The molecule has 0 fully saturated rings. The van der Waals surface area contributed by atoms with Crippen molar-refractivity contribution in [3.63, 3.8) is 0 Å². The van der Waals surface area contributed by atoms with E-state index in [1.54, 1.807) is 37.3 Å². The number of Topliss-reactive ketones (excluding diaryl/α,β-unsaturated/α-hetero) is 1. The van der Waals surface area contributed by atoms with Crippen LogP contribution >= 0.6 is 11.6 Å². The van der Waals surface area contributed by atoms with E-state index in [1.165, 1.54) is 36.4 Å². The van der Waals surface area contributed by atoms with Crippen LogP contribution in [0.4, 0.5) is 4.39 Å². The van der Waals surface area contributed by atoms with Crippen molar-refractivity contribution in [2.24, 2.45) is 0 Å². The smallest absolute Gasteiger partial charge is 0.352 e. The number of carbonyl (C=O) groups excluding carboxylic acids is 2. The van der Waals surface area contributed by atoms with E-state index in [0.717, 1.165) is 0 Å². The molecule has 0 aromatic heterocycles. The second kappa shape index (κ2) is 9.24. The summed E-state index contributed by atoms with van der Waals surface area (Å²) in [6.07, 6.45) is 0.282. The van der Waals surface area contributed by atoms with Crippen LogP contribution in [0.5, 0.6) is 11.5 Å². The van der Waals surface area contributed by atoms with Gasteiger partial charge in [0.15, 0.2) is 5.76 Å². The van der Waals surface area contributed by atoms with Gasteiger partial charge >= 0.3 is 5.97 Å². The van der Waals surface area contributed by atoms with E-state index >= 15 is 0 Å². The fourth-order valence-electron chi connectivity index (χ4n) is 3.25. The average molecular weight is 453 g/mol. The molecular formula is C25H18ClFO5. The molecule has 3 aromatic carbocycles. The summed E-state index contributed by atoms with van der Waals surface area (Å²) in [5.74, 6) is -1.02. The summed E-state index contributed by atoms with van der Waals surface area (Å²) >= 11 is 6.05. The van der Waals surface area contributed by atoms with Crippen LogP contribution in [0.2, 0.25) is 5.02 Å². The third-order valence-electron chi connectivity index (χ3n) is 4.77. The largest absolute Gasteiger partial charge is 0.474 e. The zero-order valence-electron chi connectivity index (χ0n) is 17.0. The molecule has 0 spiro atoms. The molecule has 162 valence electrons. The van der Waals surface area contributed by atoms with Crippen molar-refractivity contribution >= 4 is 29.4 Å². The van der Waals surface area contributed by atoms with E-state index in [2.05, 4.69) is 0 Å². The van der Waals surface area contributed by atoms with Crippen LogP contribution in [0.15, 0.2) is 72.5 Å². The van der Waals surface area contributed by atoms with Crippen molar-refractivity contribution in [3.05, 3.63) is 100 Å². The van der Waals surface area contributed by atoms with Crippen LogP contribution < -0.4 is 9.47 Å². The molecule has 0 saturated carbocycles. The first-order valence-corrected chi connectivity index (χ1v) is 10.3. The Bertz CT molecular complexity index is 1190. The van der Waals surface area contributed by atoms with Gasteiger partial charge in [0.05, 0.1) is 17.2 Å². The lowest BCUT2D eigenvalue weighted by Gasteiger charge is -2.18. The van der Waals surface area contributed by atoms with Gasteiger partial charge < -0.3 is 14.2 Å². The van der Waals surface area contributed by atoms with Gasteiger partial charge in [0.2, 0.25) is 11.9 Å². The highest BCUT2D eigenvalue weighted by atomic mass is 35.5. The maximum absolute atomic E-state index is 14.1. The Morgan fingerprint density at radius 2 is 1.91 bits per heavy atom. The minimum Gasteiger partial charge on any atom is -0.474 e. The molecule has 0 radical (unpaired) electrons. The first-order chi connectivity index (χ1) is 15.5. The highest BCUT2D eigenvalue weighted by Gasteiger charge is 2.30. The minimum atomic E-state index is -0.987. The third kappa shape index (κ3) is 4.36. The number of ether oxygens (including phenoxy) is 3. The Labute approximate surface area is 189 Å². The number of fused-ring (bicyclic) bond motifs is 1. The molecule has 1 atom stereocenters. The molecule has 32 heavy (non-hydrogen) atoms. The van der Waals surface area contributed by atoms with Crippen LogP contribution in [0.1, 0.15) is 34.5 Å². The van der Waals surface area contributed by atoms with Crippen LogP contribution in [0.3, 0.4) is 0 Å². The van der Waals surface area contributed by atoms with Crippen molar-refractivity contribution in [3.8, 4) is 11.5 Å². The molecule has 3 aromatic rings. The summed E-state index contributed by atoms with van der Waals surface area (Å²) in [4.78, 5) is 25.2. The highest BCUT2D eigenvalue weighted by Crippen LogP contribution is 2.37. The van der Waals surface area contributed by atoms with E-state index in [1.807, 2.05) is 6.07 Å². The van der Waals surface area contributed by atoms with Gasteiger partial charge in [0.25, 0.3) is 0 Å². The fourth-order valence-corrected chi connectivity index (χ4v) is 3.47. The van der Waals surface area contributed by atoms with Crippen LogP contribution in [0.25, 0.3) is 6.08 Å². The molecule has 0 N–H and O–H groups in total. The molecule has 0 amide bonds. The molecule has 0 saturated heterocycles. The minimum absolute atomic E-state index is 0.0610. The molecule has 1 unspecified atom stereocenters. The van der Waals surface area contributed by atoms with Gasteiger partial charge in [-0.25, -0.2) is 9.18 Å². The van der Waals surface area contributed by atoms with Gasteiger partial charge in [-0.2, -0.15) is 0 Å². The van der Waals surface area contributed by atoms with Gasteiger partial charge in [-0.1, -0.05) is 48.0 Å². The summed E-state index contributed by atoms with van der Waals surface area (Å²) in [6, 6.07) is 17.8. The summed E-state index contributed by atoms with van der Waals surface area (Å²) in [5.41, 5.74) is 0.981. The quantitative estimate of drug-likeness (QED) is 0.350. The Balaban J connectivity index is 1.62. The predicted molar refractivity (Wildman–Crippen MR) is 117 cm³/mol. The van der Waals surface area contributed by atoms with Gasteiger partial charge in [-0.05, 0) is 37.3 Å². The topological polar surface area (TPSA) is 61.8 Å². The standard InChI is InChI=1S/C25H18ClFO5/c1-2-30-25(29)24(15-7-4-3-5-8-15)31-16-11-12-17-21(13-16)32-22(23(17)28)14-18-19(26)9-6-10-20(18)27/h3-14,24H,2H2,1H3. The van der Waals surface area contributed by atoms with Crippen molar-refractivity contribution in [2.75, 3.05) is 6.61 Å². The van der Waals surface area contributed by atoms with Crippen molar-refractivity contribution in [1.29, 1.82) is 0 Å². The Hall–Kier alpha value is -3.64. The number of hydrogen-bond donors (Lipinski definition) is 0. The van der Waals surface area contributed by atoms with Gasteiger partial charge in [-0.3, -0.25) is 4.79 Å². The lowest BCUT2D eigenvalue weighted by Crippen LogP contribution is -2.21. The number of allylic oxidation sites excluding steroid dienone is 1. The van der Waals surface area contributed by atoms with Crippen LogP contribution in [-0.2, 0) is 9.53 Å². The van der Waals surface area contributed by atoms with E-state index < -0.39 is 23.7 Å².